The van der Waals surface area contributed by atoms with Crippen LogP contribution < -0.4 is 11.1 Å². The second-order valence-corrected chi connectivity index (χ2v) is 3.66. The molecule has 0 bridgehead atoms. The Morgan fingerprint density at radius 1 is 1.18 bits per heavy atom. The van der Waals surface area contributed by atoms with Gasteiger partial charge in [-0.1, -0.05) is 0 Å². The Hall–Kier alpha value is -1.95. The molecule has 2 heterocycles. The number of nitrogen functional groups attached to an aromatic ring is 1. The van der Waals surface area contributed by atoms with E-state index in [1.807, 2.05) is 12.1 Å². The summed E-state index contributed by atoms with van der Waals surface area (Å²) in [5.41, 5.74) is 6.63. The molecule has 2 aromatic rings. The number of hydrogen-bond donors (Lipinski definition) is 2. The Bertz CT molecular complexity index is 469. The van der Waals surface area contributed by atoms with Gasteiger partial charge in [-0.15, -0.1) is 0 Å². The molecule has 0 radical (unpaired) electrons. The van der Waals surface area contributed by atoms with Gasteiger partial charge in [0.05, 0.1) is 0 Å². The Balaban J connectivity index is 1.90. The van der Waals surface area contributed by atoms with Gasteiger partial charge in [0.15, 0.2) is 0 Å². The minimum absolute atomic E-state index is 0.0870. The van der Waals surface area contributed by atoms with Crippen molar-refractivity contribution < 1.29 is 0 Å². The van der Waals surface area contributed by atoms with Crippen molar-refractivity contribution in [3.8, 4) is 0 Å². The van der Waals surface area contributed by atoms with E-state index in [1.54, 1.807) is 12.4 Å². The van der Waals surface area contributed by atoms with E-state index < -0.39 is 0 Å². The van der Waals surface area contributed by atoms with Gasteiger partial charge in [-0.3, -0.25) is 4.98 Å². The summed E-state index contributed by atoms with van der Waals surface area (Å²) in [4.78, 5) is 15.4. The number of nitrogens with one attached hydrogen (secondary N) is 1. The fraction of sp³-hybridized carbons (Fsp3) is 0.200. The molecule has 2 rings (SSSR count). The van der Waals surface area contributed by atoms with Crippen molar-refractivity contribution in [2.45, 2.75) is 6.42 Å². The number of aromatic nitrogens is 4. The van der Waals surface area contributed by atoms with Crippen LogP contribution in [0.2, 0.25) is 5.28 Å². The second-order valence-electron chi connectivity index (χ2n) is 3.32. The number of pyridine rings is 1. The summed E-state index contributed by atoms with van der Waals surface area (Å²) in [6.45, 7) is 0.684. The SMILES string of the molecule is Nc1nc(Cl)nc(NCCc2ccncc2)n1. The third kappa shape index (κ3) is 3.53. The predicted octanol–water partition coefficient (Wildman–Crippen LogP) is 1.16. The summed E-state index contributed by atoms with van der Waals surface area (Å²) < 4.78 is 0. The van der Waals surface area contributed by atoms with Crippen LogP contribution in [0.15, 0.2) is 24.5 Å². The van der Waals surface area contributed by atoms with Crippen LogP contribution >= 0.6 is 11.6 Å². The first kappa shape index (κ1) is 11.5. The summed E-state index contributed by atoms with van der Waals surface area (Å²) in [5.74, 6) is 0.493. The van der Waals surface area contributed by atoms with Gasteiger partial charge < -0.3 is 11.1 Å². The van der Waals surface area contributed by atoms with E-state index in [2.05, 4.69) is 25.3 Å². The molecular weight excluding hydrogens is 240 g/mol. The quantitative estimate of drug-likeness (QED) is 0.846. The van der Waals surface area contributed by atoms with Gasteiger partial charge in [-0.25, -0.2) is 0 Å². The van der Waals surface area contributed by atoms with Crippen LogP contribution in [0.1, 0.15) is 5.56 Å². The van der Waals surface area contributed by atoms with Gasteiger partial charge in [0.2, 0.25) is 17.2 Å². The second kappa shape index (κ2) is 5.40. The number of nitrogens with zero attached hydrogens (tertiary/aromatic N) is 4. The van der Waals surface area contributed by atoms with Gasteiger partial charge in [-0.2, -0.15) is 15.0 Å². The molecular formula is C10H11ClN6. The smallest absolute Gasteiger partial charge is 0.228 e. The zero-order valence-corrected chi connectivity index (χ0v) is 9.72. The van der Waals surface area contributed by atoms with Crippen LogP contribution in [0.25, 0.3) is 0 Å². The van der Waals surface area contributed by atoms with Gasteiger partial charge in [0.1, 0.15) is 0 Å². The van der Waals surface area contributed by atoms with E-state index in [9.17, 15) is 0 Å². The summed E-state index contributed by atoms with van der Waals surface area (Å²) in [6.07, 6.45) is 4.35. The number of rotatable bonds is 4. The molecule has 0 fully saturated rings. The van der Waals surface area contributed by atoms with Gasteiger partial charge in [0.25, 0.3) is 0 Å². The summed E-state index contributed by atoms with van der Waals surface area (Å²) in [6, 6.07) is 3.91. The molecule has 0 unspecified atom stereocenters. The average molecular weight is 251 g/mol. The number of halogens is 1. The predicted molar refractivity (Wildman–Crippen MR) is 65.7 cm³/mol. The molecule has 17 heavy (non-hydrogen) atoms. The molecule has 0 aliphatic carbocycles. The lowest BCUT2D eigenvalue weighted by atomic mass is 10.2. The van der Waals surface area contributed by atoms with Gasteiger partial charge >= 0.3 is 0 Å². The average Bonchev–Trinajstić information content (AvgIpc) is 2.29. The third-order valence-electron chi connectivity index (χ3n) is 2.07. The zero-order valence-electron chi connectivity index (χ0n) is 8.97. The molecule has 0 aliphatic rings. The molecule has 0 aliphatic heterocycles. The van der Waals surface area contributed by atoms with Crippen LogP contribution in [0, 0.1) is 0 Å². The van der Waals surface area contributed by atoms with E-state index in [-0.39, 0.29) is 11.2 Å². The molecule has 0 aromatic carbocycles. The Morgan fingerprint density at radius 2 is 1.94 bits per heavy atom. The van der Waals surface area contributed by atoms with Crippen molar-refractivity contribution in [3.63, 3.8) is 0 Å². The fourth-order valence-electron chi connectivity index (χ4n) is 1.31. The summed E-state index contributed by atoms with van der Waals surface area (Å²) in [5, 5.41) is 3.11. The maximum Gasteiger partial charge on any atom is 0.228 e. The van der Waals surface area contributed by atoms with Gasteiger partial charge in [0, 0.05) is 18.9 Å². The van der Waals surface area contributed by atoms with Crippen molar-refractivity contribution in [3.05, 3.63) is 35.4 Å². The van der Waals surface area contributed by atoms with Crippen molar-refractivity contribution >= 4 is 23.5 Å². The summed E-state index contributed by atoms with van der Waals surface area (Å²) in [7, 11) is 0. The molecule has 2 aromatic heterocycles. The molecule has 0 saturated carbocycles. The standard InChI is InChI=1S/C10H11ClN6/c11-8-15-9(12)17-10(16-8)14-6-3-7-1-4-13-5-2-7/h1-2,4-5H,3,6H2,(H3,12,14,15,16,17). The first-order valence-corrected chi connectivity index (χ1v) is 5.41. The van der Waals surface area contributed by atoms with E-state index in [0.717, 1.165) is 6.42 Å². The third-order valence-corrected chi connectivity index (χ3v) is 2.24. The maximum atomic E-state index is 5.66. The van der Waals surface area contributed by atoms with Crippen LogP contribution in [0.5, 0.6) is 0 Å². The van der Waals surface area contributed by atoms with E-state index in [1.165, 1.54) is 5.56 Å². The molecule has 0 spiro atoms. The number of nitrogens with two attached hydrogens (primary N) is 1. The molecule has 0 atom stereocenters. The topological polar surface area (TPSA) is 89.6 Å². The number of anilines is 2. The lowest BCUT2D eigenvalue weighted by Crippen LogP contribution is -2.10. The highest BCUT2D eigenvalue weighted by Crippen LogP contribution is 2.07. The first-order chi connectivity index (χ1) is 8.24. The Kier molecular flexibility index (Phi) is 3.66. The van der Waals surface area contributed by atoms with Crippen molar-refractivity contribution in [2.75, 3.05) is 17.6 Å². The van der Waals surface area contributed by atoms with E-state index in [0.29, 0.717) is 12.5 Å². The van der Waals surface area contributed by atoms with Crippen molar-refractivity contribution in [1.29, 1.82) is 0 Å². The van der Waals surface area contributed by atoms with Crippen molar-refractivity contribution in [2.24, 2.45) is 0 Å². The molecule has 0 saturated heterocycles. The van der Waals surface area contributed by atoms with Crippen LogP contribution in [0.4, 0.5) is 11.9 Å². The van der Waals surface area contributed by atoms with E-state index in [4.69, 9.17) is 17.3 Å². The highest BCUT2D eigenvalue weighted by molar-refractivity contribution is 6.28. The molecule has 7 heteroatoms. The zero-order chi connectivity index (χ0) is 12.1. The minimum Gasteiger partial charge on any atom is -0.368 e. The molecule has 0 amide bonds. The van der Waals surface area contributed by atoms with Crippen molar-refractivity contribution in [1.82, 2.24) is 19.9 Å². The largest absolute Gasteiger partial charge is 0.368 e. The minimum atomic E-state index is 0.0870. The number of hydrogen-bond acceptors (Lipinski definition) is 6. The van der Waals surface area contributed by atoms with Gasteiger partial charge in [-0.05, 0) is 35.7 Å². The molecule has 3 N–H and O–H groups in total. The van der Waals surface area contributed by atoms with E-state index >= 15 is 0 Å². The van der Waals surface area contributed by atoms with Crippen LogP contribution in [-0.4, -0.2) is 26.5 Å². The van der Waals surface area contributed by atoms with Crippen LogP contribution in [0.3, 0.4) is 0 Å². The highest BCUT2D eigenvalue weighted by Gasteiger charge is 2.01. The lowest BCUT2D eigenvalue weighted by Gasteiger charge is -2.05. The first-order valence-electron chi connectivity index (χ1n) is 5.04. The Morgan fingerprint density at radius 3 is 2.65 bits per heavy atom. The molecule has 88 valence electrons. The highest BCUT2D eigenvalue weighted by atomic mass is 35.5. The molecule has 6 nitrogen and oxygen atoms in total. The monoisotopic (exact) mass is 250 g/mol. The maximum absolute atomic E-state index is 5.66. The normalized spacial score (nSPS) is 10.2. The fourth-order valence-corrected chi connectivity index (χ4v) is 1.48. The summed E-state index contributed by atoms with van der Waals surface area (Å²) >= 11 is 5.66. The Labute approximate surface area is 103 Å². The lowest BCUT2D eigenvalue weighted by molar-refractivity contribution is 0.965. The van der Waals surface area contributed by atoms with Crippen LogP contribution in [-0.2, 0) is 6.42 Å².